The average Bonchev–Trinajstić information content (AvgIpc) is 2.78. The molecule has 0 aliphatic carbocycles. The van der Waals surface area contributed by atoms with Gasteiger partial charge in [-0.25, -0.2) is 4.98 Å². The second-order valence-corrected chi connectivity index (χ2v) is 8.15. The average molecular weight is 477 g/mol. The van der Waals surface area contributed by atoms with Crippen molar-refractivity contribution in [2.45, 2.75) is 18.9 Å². The van der Waals surface area contributed by atoms with Crippen molar-refractivity contribution >= 4 is 46.9 Å². The summed E-state index contributed by atoms with van der Waals surface area (Å²) in [5, 5.41) is 7.33. The van der Waals surface area contributed by atoms with Gasteiger partial charge in [0, 0.05) is 61.0 Å². The SMILES string of the molecule is CNC(=O)CN1CCC(Nc2ncc3cc(-c4ccccc4Cl)c(=O)n(C)c3n2)CC1.Cl. The zero-order valence-electron chi connectivity index (χ0n) is 18.0. The molecular formula is C22H26Cl2N6O2. The van der Waals surface area contributed by atoms with E-state index in [1.165, 1.54) is 4.57 Å². The second kappa shape index (κ2) is 10.3. The maximum atomic E-state index is 13.0. The predicted molar refractivity (Wildman–Crippen MR) is 130 cm³/mol. The minimum Gasteiger partial charge on any atom is -0.358 e. The number of anilines is 1. The quantitative estimate of drug-likeness (QED) is 0.587. The minimum atomic E-state index is -0.159. The van der Waals surface area contributed by atoms with Gasteiger partial charge in [0.15, 0.2) is 0 Å². The van der Waals surface area contributed by atoms with Crippen LogP contribution < -0.4 is 16.2 Å². The molecule has 0 atom stereocenters. The van der Waals surface area contributed by atoms with E-state index in [0.717, 1.165) is 31.3 Å². The van der Waals surface area contributed by atoms with E-state index in [1.807, 2.05) is 18.2 Å². The van der Waals surface area contributed by atoms with Crippen LogP contribution in [-0.2, 0) is 11.8 Å². The monoisotopic (exact) mass is 476 g/mol. The lowest BCUT2D eigenvalue weighted by Crippen LogP contribution is -2.43. The number of halogens is 2. The van der Waals surface area contributed by atoms with Crippen LogP contribution in [0.3, 0.4) is 0 Å². The molecule has 1 aliphatic heterocycles. The first-order valence-corrected chi connectivity index (χ1v) is 10.6. The van der Waals surface area contributed by atoms with E-state index in [1.54, 1.807) is 32.4 Å². The summed E-state index contributed by atoms with van der Waals surface area (Å²) >= 11 is 6.30. The number of rotatable bonds is 5. The number of likely N-dealkylation sites (tertiary alicyclic amines) is 1. The highest BCUT2D eigenvalue weighted by Gasteiger charge is 2.21. The van der Waals surface area contributed by atoms with E-state index < -0.39 is 0 Å². The number of carbonyl (C=O) groups excluding carboxylic acids is 1. The Labute approximate surface area is 197 Å². The number of pyridine rings is 1. The van der Waals surface area contributed by atoms with Crippen LogP contribution in [0.5, 0.6) is 0 Å². The lowest BCUT2D eigenvalue weighted by atomic mass is 10.1. The molecular weight excluding hydrogens is 451 g/mol. The first kappa shape index (κ1) is 24.0. The van der Waals surface area contributed by atoms with Gasteiger partial charge in [0.2, 0.25) is 11.9 Å². The molecule has 3 aromatic rings. The summed E-state index contributed by atoms with van der Waals surface area (Å²) in [6.45, 7) is 2.09. The lowest BCUT2D eigenvalue weighted by molar-refractivity contribution is -0.122. The molecule has 0 spiro atoms. The van der Waals surface area contributed by atoms with Gasteiger partial charge < -0.3 is 10.6 Å². The van der Waals surface area contributed by atoms with Crippen LogP contribution in [0.25, 0.3) is 22.2 Å². The van der Waals surface area contributed by atoms with Crippen molar-refractivity contribution in [3.05, 3.63) is 51.9 Å². The standard InChI is InChI=1S/C22H25ClN6O2.ClH/c1-24-19(30)13-29-9-7-15(8-10-29)26-22-25-12-14-11-17(16-5-3-4-6-18(16)23)21(31)28(2)20(14)27-22;/h3-6,11-12,15H,7-10,13H2,1-2H3,(H,24,30)(H,25,26,27);1H. The molecule has 1 fully saturated rings. The number of amides is 1. The second-order valence-electron chi connectivity index (χ2n) is 7.74. The number of aromatic nitrogens is 3. The zero-order valence-corrected chi connectivity index (χ0v) is 19.5. The predicted octanol–water partition coefficient (Wildman–Crippen LogP) is 2.69. The summed E-state index contributed by atoms with van der Waals surface area (Å²) in [6.07, 6.45) is 3.51. The van der Waals surface area contributed by atoms with Crippen molar-refractivity contribution in [2.75, 3.05) is 32.0 Å². The van der Waals surface area contributed by atoms with Crippen LogP contribution in [-0.4, -0.2) is 58.1 Å². The third kappa shape index (κ3) is 5.03. The van der Waals surface area contributed by atoms with E-state index in [-0.39, 0.29) is 29.9 Å². The van der Waals surface area contributed by atoms with Crippen LogP contribution in [0.4, 0.5) is 5.95 Å². The molecule has 1 aliphatic rings. The van der Waals surface area contributed by atoms with Gasteiger partial charge in [-0.3, -0.25) is 19.1 Å². The molecule has 3 heterocycles. The number of hydrogen-bond donors (Lipinski definition) is 2. The first-order valence-electron chi connectivity index (χ1n) is 10.3. The van der Waals surface area contributed by atoms with Gasteiger partial charge in [0.25, 0.3) is 5.56 Å². The van der Waals surface area contributed by atoms with Crippen molar-refractivity contribution in [1.82, 2.24) is 24.8 Å². The van der Waals surface area contributed by atoms with Crippen LogP contribution in [0.1, 0.15) is 12.8 Å². The highest BCUT2D eigenvalue weighted by atomic mass is 35.5. The van der Waals surface area contributed by atoms with E-state index >= 15 is 0 Å². The molecule has 170 valence electrons. The van der Waals surface area contributed by atoms with Crippen molar-refractivity contribution in [3.8, 4) is 11.1 Å². The highest BCUT2D eigenvalue weighted by molar-refractivity contribution is 6.33. The lowest BCUT2D eigenvalue weighted by Gasteiger charge is -2.31. The molecule has 4 rings (SSSR count). The summed E-state index contributed by atoms with van der Waals surface area (Å²) < 4.78 is 1.53. The fraction of sp³-hybridized carbons (Fsp3) is 0.364. The molecule has 0 radical (unpaired) electrons. The van der Waals surface area contributed by atoms with E-state index in [4.69, 9.17) is 11.6 Å². The first-order chi connectivity index (χ1) is 15.0. The van der Waals surface area contributed by atoms with Crippen LogP contribution >= 0.6 is 24.0 Å². The highest BCUT2D eigenvalue weighted by Crippen LogP contribution is 2.27. The van der Waals surface area contributed by atoms with E-state index in [0.29, 0.717) is 34.3 Å². The summed E-state index contributed by atoms with van der Waals surface area (Å²) in [5.74, 6) is 0.527. The number of nitrogens with zero attached hydrogens (tertiary/aromatic N) is 4. The number of nitrogens with one attached hydrogen (secondary N) is 2. The summed E-state index contributed by atoms with van der Waals surface area (Å²) in [4.78, 5) is 35.7. The number of benzene rings is 1. The van der Waals surface area contributed by atoms with Gasteiger partial charge in [0.1, 0.15) is 5.65 Å². The van der Waals surface area contributed by atoms with Gasteiger partial charge in [0.05, 0.1) is 6.54 Å². The van der Waals surface area contributed by atoms with E-state index in [9.17, 15) is 9.59 Å². The molecule has 0 bridgehead atoms. The fourth-order valence-electron chi connectivity index (χ4n) is 3.89. The van der Waals surface area contributed by atoms with Gasteiger partial charge >= 0.3 is 0 Å². The number of likely N-dealkylation sites (N-methyl/N-ethyl adjacent to an activating group) is 1. The number of piperidine rings is 1. The Kier molecular flexibility index (Phi) is 7.71. The third-order valence-corrected chi connectivity index (χ3v) is 6.01. The molecule has 1 saturated heterocycles. The van der Waals surface area contributed by atoms with Gasteiger partial charge in [-0.05, 0) is 25.0 Å². The Morgan fingerprint density at radius 2 is 1.94 bits per heavy atom. The molecule has 0 unspecified atom stereocenters. The smallest absolute Gasteiger partial charge is 0.259 e. The largest absolute Gasteiger partial charge is 0.358 e. The summed E-state index contributed by atoms with van der Waals surface area (Å²) in [6, 6.07) is 9.30. The summed E-state index contributed by atoms with van der Waals surface area (Å²) in [5.41, 5.74) is 1.62. The van der Waals surface area contributed by atoms with E-state index in [2.05, 4.69) is 25.5 Å². The normalized spacial score (nSPS) is 14.7. The Bertz CT molecular complexity index is 1170. The van der Waals surface area contributed by atoms with Gasteiger partial charge in [-0.2, -0.15) is 4.98 Å². The fourth-order valence-corrected chi connectivity index (χ4v) is 4.13. The van der Waals surface area contributed by atoms with Crippen molar-refractivity contribution < 1.29 is 4.79 Å². The molecule has 0 saturated carbocycles. The third-order valence-electron chi connectivity index (χ3n) is 5.68. The number of aryl methyl sites for hydroxylation is 1. The Morgan fingerprint density at radius 1 is 1.22 bits per heavy atom. The zero-order chi connectivity index (χ0) is 22.0. The molecule has 10 heteroatoms. The van der Waals surface area contributed by atoms with Crippen molar-refractivity contribution in [1.29, 1.82) is 0 Å². The maximum absolute atomic E-state index is 13.0. The summed E-state index contributed by atoms with van der Waals surface area (Å²) in [7, 11) is 3.36. The molecule has 1 amide bonds. The van der Waals surface area contributed by atoms with Crippen LogP contribution in [0, 0.1) is 0 Å². The van der Waals surface area contributed by atoms with Gasteiger partial charge in [-0.15, -0.1) is 12.4 Å². The molecule has 32 heavy (non-hydrogen) atoms. The maximum Gasteiger partial charge on any atom is 0.259 e. The molecule has 8 nitrogen and oxygen atoms in total. The molecule has 2 N–H and O–H groups in total. The van der Waals surface area contributed by atoms with Crippen molar-refractivity contribution in [3.63, 3.8) is 0 Å². The number of hydrogen-bond acceptors (Lipinski definition) is 6. The van der Waals surface area contributed by atoms with Gasteiger partial charge in [-0.1, -0.05) is 29.8 Å². The topological polar surface area (TPSA) is 92.2 Å². The van der Waals surface area contributed by atoms with Crippen molar-refractivity contribution in [2.24, 2.45) is 7.05 Å². The van der Waals surface area contributed by atoms with Crippen LogP contribution in [0.2, 0.25) is 5.02 Å². The Morgan fingerprint density at radius 3 is 2.62 bits per heavy atom. The Hall–Kier alpha value is -2.68. The molecule has 2 aromatic heterocycles. The molecule has 1 aromatic carbocycles. The number of carbonyl (C=O) groups is 1. The number of fused-ring (bicyclic) bond motifs is 1. The Balaban J connectivity index is 0.00000289. The minimum absolute atomic E-state index is 0. The van der Waals surface area contributed by atoms with Crippen LogP contribution in [0.15, 0.2) is 41.3 Å².